The summed E-state index contributed by atoms with van der Waals surface area (Å²) in [6.07, 6.45) is -3.58. The second-order valence-electron chi connectivity index (χ2n) is 8.84. The zero-order chi connectivity index (χ0) is 25.3. The topological polar surface area (TPSA) is 98.7 Å². The summed E-state index contributed by atoms with van der Waals surface area (Å²) in [6, 6.07) is 6.35. The Morgan fingerprint density at radius 1 is 1.20 bits per heavy atom. The molecule has 4 unspecified atom stereocenters. The fraction of sp³-hybridized carbons (Fsp3) is 0.348. The molecule has 7 nitrogen and oxygen atoms in total. The number of carbonyl (C=O) groups excluding carboxylic acids is 2. The van der Waals surface area contributed by atoms with E-state index >= 15 is 0 Å². The minimum absolute atomic E-state index is 0.123. The molecule has 0 radical (unpaired) electrons. The molecule has 5 rings (SSSR count). The summed E-state index contributed by atoms with van der Waals surface area (Å²) in [6.45, 7) is 0.346. The third-order valence-corrected chi connectivity index (χ3v) is 7.57. The van der Waals surface area contributed by atoms with Gasteiger partial charge in [-0.25, -0.2) is 0 Å². The van der Waals surface area contributed by atoms with E-state index in [1.807, 2.05) is 0 Å². The highest BCUT2D eigenvalue weighted by Gasteiger charge is 2.71. The lowest BCUT2D eigenvalue weighted by Crippen LogP contribution is -2.53. The first-order valence-electron chi connectivity index (χ1n) is 10.7. The molecule has 0 bridgehead atoms. The number of benzene rings is 2. The number of hydrogen-bond acceptors (Lipinski definition) is 4. The summed E-state index contributed by atoms with van der Waals surface area (Å²) >= 11 is 12.5. The van der Waals surface area contributed by atoms with E-state index in [-0.39, 0.29) is 27.0 Å². The van der Waals surface area contributed by atoms with Gasteiger partial charge in [-0.05, 0) is 49.7 Å². The first-order valence-corrected chi connectivity index (χ1v) is 11.5. The summed E-state index contributed by atoms with van der Waals surface area (Å²) in [5, 5.41) is 15.8. The number of carboxylic acids is 1. The monoisotopic (exact) mass is 527 g/mol. The number of alkyl halides is 3. The number of anilines is 2. The maximum Gasteiger partial charge on any atom is 0.416 e. The van der Waals surface area contributed by atoms with Crippen LogP contribution in [0, 0.1) is 11.8 Å². The van der Waals surface area contributed by atoms with Gasteiger partial charge in [0.2, 0.25) is 5.91 Å². The number of fused-ring (bicyclic) bond motifs is 4. The molecule has 2 aromatic rings. The van der Waals surface area contributed by atoms with Crippen LogP contribution in [0.4, 0.5) is 24.5 Å². The van der Waals surface area contributed by atoms with Crippen molar-refractivity contribution < 1.29 is 32.7 Å². The molecule has 3 aliphatic rings. The minimum atomic E-state index is -4.62. The predicted octanol–water partition coefficient (Wildman–Crippen LogP) is 4.59. The number of hydrogen-bond donors (Lipinski definition) is 3. The zero-order valence-corrected chi connectivity index (χ0v) is 19.3. The smallest absolute Gasteiger partial charge is 0.416 e. The second-order valence-corrected chi connectivity index (χ2v) is 9.69. The number of rotatable bonds is 3. The standard InChI is InChI=1S/C23H18Cl2F3N3O4/c24-11-8-13-18(14(25)9-11)30-21(35)22(13)17(20(33)34)16(15-5-2-6-31(15)22)19(32)29-12-4-1-3-10(7-12)23(26,27)28/h1,3-4,7-9,15-17H,2,5-6H2,(H,29,32)(H,30,35)(H,33,34). The van der Waals surface area contributed by atoms with Crippen LogP contribution in [0.25, 0.3) is 0 Å². The molecule has 1 spiro atoms. The molecule has 2 saturated heterocycles. The van der Waals surface area contributed by atoms with Crippen LogP contribution >= 0.6 is 23.2 Å². The van der Waals surface area contributed by atoms with Crippen LogP contribution in [0.15, 0.2) is 36.4 Å². The molecular weight excluding hydrogens is 510 g/mol. The Bertz CT molecular complexity index is 1270. The van der Waals surface area contributed by atoms with Gasteiger partial charge in [0, 0.05) is 22.3 Å². The maximum absolute atomic E-state index is 13.5. The van der Waals surface area contributed by atoms with Gasteiger partial charge in [0.15, 0.2) is 0 Å². The van der Waals surface area contributed by atoms with Crippen molar-refractivity contribution in [3.8, 4) is 0 Å². The fourth-order valence-electron chi connectivity index (χ4n) is 5.85. The second kappa shape index (κ2) is 8.11. The first kappa shape index (κ1) is 23.9. The summed E-state index contributed by atoms with van der Waals surface area (Å²) < 4.78 is 39.4. The third-order valence-electron chi connectivity index (χ3n) is 7.05. The number of amides is 2. The number of nitrogens with one attached hydrogen (secondary N) is 2. The summed E-state index contributed by atoms with van der Waals surface area (Å²) in [5.74, 6) is -5.55. The Kier molecular flexibility index (Phi) is 5.54. The van der Waals surface area contributed by atoms with Crippen LogP contribution in [0.1, 0.15) is 24.0 Å². The van der Waals surface area contributed by atoms with E-state index in [0.717, 1.165) is 18.2 Å². The van der Waals surface area contributed by atoms with Gasteiger partial charge in [-0.1, -0.05) is 29.3 Å². The lowest BCUT2D eigenvalue weighted by molar-refractivity contribution is -0.152. The number of carboxylic acid groups (broad SMARTS) is 1. The lowest BCUT2D eigenvalue weighted by Gasteiger charge is -2.35. The largest absolute Gasteiger partial charge is 0.481 e. The van der Waals surface area contributed by atoms with E-state index in [4.69, 9.17) is 23.2 Å². The highest BCUT2D eigenvalue weighted by molar-refractivity contribution is 6.38. The molecule has 4 atom stereocenters. The summed E-state index contributed by atoms with van der Waals surface area (Å²) in [7, 11) is 0. The molecule has 0 aliphatic carbocycles. The van der Waals surface area contributed by atoms with Gasteiger partial charge in [0.05, 0.1) is 22.2 Å². The molecule has 12 heteroatoms. The Morgan fingerprint density at radius 2 is 1.94 bits per heavy atom. The number of aliphatic carboxylic acids is 1. The SMILES string of the molecule is O=C(Nc1cccc(C(F)(F)F)c1)C1C2CCCN2C2(C(=O)Nc3c(Cl)cc(Cl)cc32)C1C(=O)O. The van der Waals surface area contributed by atoms with Crippen LogP contribution in [0.2, 0.25) is 10.0 Å². The molecular formula is C23H18Cl2F3N3O4. The van der Waals surface area contributed by atoms with E-state index in [9.17, 15) is 32.7 Å². The van der Waals surface area contributed by atoms with Gasteiger partial charge >= 0.3 is 12.1 Å². The minimum Gasteiger partial charge on any atom is -0.481 e. The fourth-order valence-corrected chi connectivity index (χ4v) is 6.39. The van der Waals surface area contributed by atoms with Crippen molar-refractivity contribution in [3.05, 3.63) is 57.6 Å². The predicted molar refractivity (Wildman–Crippen MR) is 121 cm³/mol. The Labute approximate surface area is 207 Å². The Hall–Kier alpha value is -2.82. The van der Waals surface area contributed by atoms with Gasteiger partial charge in [-0.2, -0.15) is 13.2 Å². The number of nitrogens with zero attached hydrogens (tertiary/aromatic N) is 1. The van der Waals surface area contributed by atoms with Crippen molar-refractivity contribution in [1.29, 1.82) is 0 Å². The molecule has 2 fully saturated rings. The normalized spacial score (nSPS) is 27.6. The molecule has 184 valence electrons. The summed E-state index contributed by atoms with van der Waals surface area (Å²) in [5.41, 5.74) is -2.32. The molecule has 3 N–H and O–H groups in total. The van der Waals surface area contributed by atoms with Crippen molar-refractivity contribution >= 4 is 52.4 Å². The molecule has 2 amide bonds. The highest BCUT2D eigenvalue weighted by Crippen LogP contribution is 2.59. The van der Waals surface area contributed by atoms with Gasteiger partial charge < -0.3 is 15.7 Å². The van der Waals surface area contributed by atoms with Crippen molar-refractivity contribution in [1.82, 2.24) is 4.90 Å². The van der Waals surface area contributed by atoms with Gasteiger partial charge in [0.1, 0.15) is 11.5 Å². The van der Waals surface area contributed by atoms with Crippen LogP contribution in [-0.2, 0) is 26.1 Å². The van der Waals surface area contributed by atoms with Crippen LogP contribution in [-0.4, -0.2) is 40.4 Å². The average molecular weight is 528 g/mol. The molecule has 3 heterocycles. The molecule has 0 saturated carbocycles. The number of carbonyl (C=O) groups is 3. The van der Waals surface area contributed by atoms with E-state index in [0.29, 0.717) is 19.4 Å². The maximum atomic E-state index is 13.5. The molecule has 35 heavy (non-hydrogen) atoms. The Morgan fingerprint density at radius 3 is 2.63 bits per heavy atom. The molecule has 2 aromatic carbocycles. The summed E-state index contributed by atoms with van der Waals surface area (Å²) in [4.78, 5) is 41.3. The molecule has 3 aliphatic heterocycles. The van der Waals surface area contributed by atoms with Crippen LogP contribution in [0.3, 0.4) is 0 Å². The Balaban J connectivity index is 1.60. The van der Waals surface area contributed by atoms with E-state index in [2.05, 4.69) is 10.6 Å². The molecule has 0 aromatic heterocycles. The van der Waals surface area contributed by atoms with Gasteiger partial charge in [-0.15, -0.1) is 0 Å². The highest BCUT2D eigenvalue weighted by atomic mass is 35.5. The van der Waals surface area contributed by atoms with Crippen molar-refractivity contribution in [3.63, 3.8) is 0 Å². The van der Waals surface area contributed by atoms with Crippen molar-refractivity contribution in [2.75, 3.05) is 17.2 Å². The van der Waals surface area contributed by atoms with Crippen LogP contribution in [0.5, 0.6) is 0 Å². The van der Waals surface area contributed by atoms with Crippen molar-refractivity contribution in [2.24, 2.45) is 11.8 Å². The van der Waals surface area contributed by atoms with E-state index in [1.165, 1.54) is 18.2 Å². The third kappa shape index (κ3) is 3.49. The van der Waals surface area contributed by atoms with E-state index in [1.54, 1.807) is 4.90 Å². The van der Waals surface area contributed by atoms with E-state index < -0.39 is 52.9 Å². The zero-order valence-electron chi connectivity index (χ0n) is 17.8. The average Bonchev–Trinajstić information content (AvgIpc) is 3.42. The quantitative estimate of drug-likeness (QED) is 0.542. The first-order chi connectivity index (χ1) is 16.5. The lowest BCUT2D eigenvalue weighted by atomic mass is 9.73. The van der Waals surface area contributed by atoms with Gasteiger partial charge in [0.25, 0.3) is 5.91 Å². The van der Waals surface area contributed by atoms with Gasteiger partial charge in [-0.3, -0.25) is 19.3 Å². The van der Waals surface area contributed by atoms with Crippen molar-refractivity contribution in [2.45, 2.75) is 30.6 Å². The number of halogens is 5. The van der Waals surface area contributed by atoms with Crippen LogP contribution < -0.4 is 10.6 Å².